The van der Waals surface area contributed by atoms with Crippen molar-refractivity contribution < 1.29 is 9.53 Å². The number of carbonyl (C=O) groups excluding carboxylic acids is 1. The summed E-state index contributed by atoms with van der Waals surface area (Å²) < 4.78 is 5.67. The number of nitrogens with one attached hydrogen (secondary N) is 1. The van der Waals surface area contributed by atoms with Gasteiger partial charge in [-0.2, -0.15) is 0 Å². The Morgan fingerprint density at radius 2 is 2.32 bits per heavy atom. The van der Waals surface area contributed by atoms with E-state index in [2.05, 4.69) is 32.1 Å². The summed E-state index contributed by atoms with van der Waals surface area (Å²) in [7, 11) is 0. The van der Waals surface area contributed by atoms with E-state index < -0.39 is 0 Å². The first-order valence-corrected chi connectivity index (χ1v) is 8.79. The van der Waals surface area contributed by atoms with Gasteiger partial charge in [-0.1, -0.05) is 5.92 Å². The van der Waals surface area contributed by atoms with Gasteiger partial charge in [0.15, 0.2) is 5.01 Å². The summed E-state index contributed by atoms with van der Waals surface area (Å²) in [5.41, 5.74) is 6.41. The summed E-state index contributed by atoms with van der Waals surface area (Å²) in [4.78, 5) is 24.4. The zero-order chi connectivity index (χ0) is 17.9. The second-order valence-electron chi connectivity index (χ2n) is 6.38. The number of aromatic nitrogens is 3. The first kappa shape index (κ1) is 17.3. The SMILES string of the molecule is CC1(C)CC(NC(=O)c2csc(C#Cc3cncnc3N)n2)CCO1. The van der Waals surface area contributed by atoms with E-state index in [1.54, 1.807) is 11.6 Å². The normalized spacial score (nSPS) is 18.9. The third-order valence-corrected chi connectivity index (χ3v) is 4.57. The highest BCUT2D eigenvalue weighted by Crippen LogP contribution is 2.24. The summed E-state index contributed by atoms with van der Waals surface area (Å²) in [6.45, 7) is 4.70. The molecule has 0 saturated carbocycles. The zero-order valence-corrected chi connectivity index (χ0v) is 14.9. The number of thiazole rings is 1. The molecule has 1 aliphatic rings. The van der Waals surface area contributed by atoms with E-state index in [9.17, 15) is 4.79 Å². The molecular weight excluding hydrogens is 338 g/mol. The largest absolute Gasteiger partial charge is 0.383 e. The quantitative estimate of drug-likeness (QED) is 0.792. The maximum absolute atomic E-state index is 12.4. The maximum atomic E-state index is 12.4. The fourth-order valence-electron chi connectivity index (χ4n) is 2.61. The first-order valence-electron chi connectivity index (χ1n) is 7.91. The Morgan fingerprint density at radius 1 is 1.48 bits per heavy atom. The molecule has 0 radical (unpaired) electrons. The van der Waals surface area contributed by atoms with E-state index in [4.69, 9.17) is 10.5 Å². The minimum absolute atomic E-state index is 0.0914. The van der Waals surface area contributed by atoms with Crippen molar-refractivity contribution in [3.63, 3.8) is 0 Å². The van der Waals surface area contributed by atoms with E-state index >= 15 is 0 Å². The topological polar surface area (TPSA) is 103 Å². The summed E-state index contributed by atoms with van der Waals surface area (Å²) in [6.07, 6.45) is 4.50. The molecule has 25 heavy (non-hydrogen) atoms. The number of carbonyl (C=O) groups is 1. The zero-order valence-electron chi connectivity index (χ0n) is 14.1. The van der Waals surface area contributed by atoms with Gasteiger partial charge >= 0.3 is 0 Å². The van der Waals surface area contributed by atoms with E-state index in [0.29, 0.717) is 28.7 Å². The van der Waals surface area contributed by atoms with Gasteiger partial charge in [-0.05, 0) is 32.6 Å². The molecule has 2 aromatic heterocycles. The molecule has 130 valence electrons. The van der Waals surface area contributed by atoms with Crippen LogP contribution in [0.1, 0.15) is 47.7 Å². The molecule has 3 heterocycles. The van der Waals surface area contributed by atoms with Crippen molar-refractivity contribution in [3.05, 3.63) is 34.2 Å². The molecule has 0 bridgehead atoms. The van der Waals surface area contributed by atoms with Gasteiger partial charge < -0.3 is 15.8 Å². The average molecular weight is 357 g/mol. The molecular formula is C17H19N5O2S. The van der Waals surface area contributed by atoms with Gasteiger partial charge in [0.1, 0.15) is 17.8 Å². The Morgan fingerprint density at radius 3 is 3.08 bits per heavy atom. The fourth-order valence-corrected chi connectivity index (χ4v) is 3.25. The van der Waals surface area contributed by atoms with Crippen LogP contribution in [0.25, 0.3) is 0 Å². The molecule has 1 aliphatic heterocycles. The number of rotatable bonds is 2. The van der Waals surface area contributed by atoms with E-state index in [0.717, 1.165) is 12.8 Å². The lowest BCUT2D eigenvalue weighted by Crippen LogP contribution is -2.45. The minimum atomic E-state index is -0.216. The molecule has 1 atom stereocenters. The van der Waals surface area contributed by atoms with Gasteiger partial charge in [0.05, 0.1) is 11.2 Å². The number of hydrogen-bond acceptors (Lipinski definition) is 7. The number of nitrogen functional groups attached to an aromatic ring is 1. The number of hydrogen-bond donors (Lipinski definition) is 2. The van der Waals surface area contributed by atoms with Crippen LogP contribution in [0.5, 0.6) is 0 Å². The number of nitrogens with zero attached hydrogens (tertiary/aromatic N) is 3. The highest BCUT2D eigenvalue weighted by atomic mass is 32.1. The summed E-state index contributed by atoms with van der Waals surface area (Å²) in [6, 6.07) is 0.0914. The number of anilines is 1. The Balaban J connectivity index is 1.65. The second-order valence-corrected chi connectivity index (χ2v) is 7.24. The van der Waals surface area contributed by atoms with Gasteiger partial charge in [0.25, 0.3) is 5.91 Å². The Hall–Kier alpha value is -2.50. The molecule has 2 aromatic rings. The second kappa shape index (κ2) is 7.17. The predicted molar refractivity (Wildman–Crippen MR) is 95.1 cm³/mol. The molecule has 1 fully saturated rings. The maximum Gasteiger partial charge on any atom is 0.271 e. The van der Waals surface area contributed by atoms with Crippen molar-refractivity contribution >= 4 is 23.1 Å². The molecule has 3 N–H and O–H groups in total. The minimum Gasteiger partial charge on any atom is -0.383 e. The third kappa shape index (κ3) is 4.53. The van der Waals surface area contributed by atoms with Crippen molar-refractivity contribution in [1.82, 2.24) is 20.3 Å². The first-order chi connectivity index (χ1) is 11.9. The molecule has 1 amide bonds. The highest BCUT2D eigenvalue weighted by molar-refractivity contribution is 7.10. The molecule has 8 heteroatoms. The average Bonchev–Trinajstić information content (AvgIpc) is 3.02. The van der Waals surface area contributed by atoms with Crippen LogP contribution in [0.4, 0.5) is 5.82 Å². The molecule has 7 nitrogen and oxygen atoms in total. The van der Waals surface area contributed by atoms with Crippen LogP contribution in [0, 0.1) is 11.8 Å². The highest BCUT2D eigenvalue weighted by Gasteiger charge is 2.30. The van der Waals surface area contributed by atoms with Crippen LogP contribution in [0.15, 0.2) is 17.9 Å². The van der Waals surface area contributed by atoms with Crippen molar-refractivity contribution in [2.75, 3.05) is 12.3 Å². The Kier molecular flexibility index (Phi) is 4.97. The number of amides is 1. The molecule has 0 aromatic carbocycles. The lowest BCUT2D eigenvalue weighted by molar-refractivity contribution is -0.0615. The molecule has 1 unspecified atom stereocenters. The van der Waals surface area contributed by atoms with Crippen LogP contribution >= 0.6 is 11.3 Å². The summed E-state index contributed by atoms with van der Waals surface area (Å²) in [5, 5.41) is 5.27. The van der Waals surface area contributed by atoms with Crippen LogP contribution in [0.3, 0.4) is 0 Å². The molecule has 0 aliphatic carbocycles. The number of ether oxygens (including phenoxy) is 1. The van der Waals surface area contributed by atoms with Gasteiger partial charge in [-0.25, -0.2) is 15.0 Å². The lowest BCUT2D eigenvalue weighted by atomic mass is 9.94. The van der Waals surface area contributed by atoms with Crippen LogP contribution < -0.4 is 11.1 Å². The van der Waals surface area contributed by atoms with Crippen LogP contribution in [-0.4, -0.2) is 39.1 Å². The molecule has 0 spiro atoms. The van der Waals surface area contributed by atoms with E-state index in [1.807, 2.05) is 13.8 Å². The van der Waals surface area contributed by atoms with Gasteiger partial charge in [-0.3, -0.25) is 4.79 Å². The standard InChI is InChI=1S/C17H19N5O2S/c1-17(2)7-12(5-6-24-17)21-16(23)13-9-25-14(22-13)4-3-11-8-19-10-20-15(11)18/h8-10,12H,5-7H2,1-2H3,(H,21,23)(H2,18,19,20). The van der Waals surface area contributed by atoms with Gasteiger partial charge in [0, 0.05) is 24.2 Å². The molecule has 3 rings (SSSR count). The van der Waals surface area contributed by atoms with Crippen LogP contribution in [0.2, 0.25) is 0 Å². The molecule has 1 saturated heterocycles. The Labute approximate surface area is 150 Å². The van der Waals surface area contributed by atoms with Crippen molar-refractivity contribution in [1.29, 1.82) is 0 Å². The Bertz CT molecular complexity index is 837. The number of nitrogens with two attached hydrogens (primary N) is 1. The fraction of sp³-hybridized carbons (Fsp3) is 0.412. The van der Waals surface area contributed by atoms with Gasteiger partial charge in [0.2, 0.25) is 0 Å². The van der Waals surface area contributed by atoms with Crippen LogP contribution in [-0.2, 0) is 4.74 Å². The summed E-state index contributed by atoms with van der Waals surface area (Å²) in [5.74, 6) is 5.90. The predicted octanol–water partition coefficient (Wildman–Crippen LogP) is 1.60. The summed E-state index contributed by atoms with van der Waals surface area (Å²) >= 11 is 1.31. The van der Waals surface area contributed by atoms with Crippen molar-refractivity contribution in [3.8, 4) is 11.8 Å². The third-order valence-electron chi connectivity index (χ3n) is 3.82. The monoisotopic (exact) mass is 357 g/mol. The van der Waals surface area contributed by atoms with Gasteiger partial charge in [-0.15, -0.1) is 11.3 Å². The lowest BCUT2D eigenvalue weighted by Gasteiger charge is -2.35. The van der Waals surface area contributed by atoms with E-state index in [-0.39, 0.29) is 17.6 Å². The smallest absolute Gasteiger partial charge is 0.271 e. The van der Waals surface area contributed by atoms with Crippen molar-refractivity contribution in [2.45, 2.75) is 38.3 Å². The van der Waals surface area contributed by atoms with E-state index in [1.165, 1.54) is 17.7 Å². The van der Waals surface area contributed by atoms with Crippen molar-refractivity contribution in [2.24, 2.45) is 0 Å².